The van der Waals surface area contributed by atoms with E-state index in [9.17, 15) is 8.42 Å². The highest BCUT2D eigenvalue weighted by Gasteiger charge is 2.22. The third-order valence-electron chi connectivity index (χ3n) is 3.91. The minimum atomic E-state index is -3.55. The van der Waals surface area contributed by atoms with Gasteiger partial charge in [-0.15, -0.1) is 0 Å². The fourth-order valence-electron chi connectivity index (χ4n) is 2.67. The Morgan fingerprint density at radius 1 is 1.39 bits per heavy atom. The summed E-state index contributed by atoms with van der Waals surface area (Å²) in [7, 11) is -3.55. The highest BCUT2D eigenvalue weighted by Crippen LogP contribution is 2.19. The Bertz CT molecular complexity index is 755. The van der Waals surface area contributed by atoms with Crippen LogP contribution in [-0.4, -0.2) is 36.1 Å². The van der Waals surface area contributed by atoms with Crippen molar-refractivity contribution in [2.45, 2.75) is 31.2 Å². The molecule has 0 saturated heterocycles. The van der Waals surface area contributed by atoms with Gasteiger partial charge in [-0.3, -0.25) is 0 Å². The van der Waals surface area contributed by atoms with Crippen LogP contribution in [0.15, 0.2) is 35.6 Å². The number of nitrogens with one attached hydrogen (secondary N) is 1. The van der Waals surface area contributed by atoms with Gasteiger partial charge in [-0.2, -0.15) is 0 Å². The molecule has 0 saturated carbocycles. The molecule has 0 fully saturated rings. The van der Waals surface area contributed by atoms with Crippen LogP contribution in [-0.2, 0) is 23.0 Å². The van der Waals surface area contributed by atoms with Crippen LogP contribution in [0.25, 0.3) is 0 Å². The van der Waals surface area contributed by atoms with Gasteiger partial charge in [0.15, 0.2) is 0 Å². The second kappa shape index (κ2) is 6.67. The largest absolute Gasteiger partial charge is 0.478 e. The fraction of sp³-hybridized carbons (Fsp3) is 0.467. The van der Waals surface area contributed by atoms with E-state index in [4.69, 9.17) is 4.74 Å². The van der Waals surface area contributed by atoms with Gasteiger partial charge in [-0.25, -0.2) is 23.1 Å². The van der Waals surface area contributed by atoms with Crippen molar-refractivity contribution in [3.8, 4) is 5.88 Å². The number of pyridine rings is 1. The van der Waals surface area contributed by atoms with Crippen molar-refractivity contribution in [1.29, 1.82) is 0 Å². The maximum Gasteiger partial charge on any atom is 0.242 e. The van der Waals surface area contributed by atoms with E-state index in [1.54, 1.807) is 12.3 Å². The summed E-state index contributed by atoms with van der Waals surface area (Å²) < 4.78 is 34.6. The smallest absolute Gasteiger partial charge is 0.242 e. The number of fused-ring (bicyclic) bond motifs is 1. The van der Waals surface area contributed by atoms with E-state index < -0.39 is 10.0 Å². The molecule has 0 spiro atoms. The van der Waals surface area contributed by atoms with Crippen molar-refractivity contribution >= 4 is 10.0 Å². The summed E-state index contributed by atoms with van der Waals surface area (Å²) >= 11 is 0. The summed E-state index contributed by atoms with van der Waals surface area (Å²) in [5.74, 6) is 1.76. The van der Waals surface area contributed by atoms with Crippen molar-refractivity contribution in [1.82, 2.24) is 19.3 Å². The van der Waals surface area contributed by atoms with Gasteiger partial charge in [0.2, 0.25) is 15.9 Å². The van der Waals surface area contributed by atoms with Gasteiger partial charge in [-0.1, -0.05) is 0 Å². The topological polar surface area (TPSA) is 86.1 Å². The van der Waals surface area contributed by atoms with Gasteiger partial charge >= 0.3 is 0 Å². The minimum Gasteiger partial charge on any atom is -0.478 e. The highest BCUT2D eigenvalue weighted by molar-refractivity contribution is 7.89. The minimum absolute atomic E-state index is 0.153. The first-order valence-corrected chi connectivity index (χ1v) is 9.15. The van der Waals surface area contributed by atoms with Gasteiger partial charge in [0, 0.05) is 38.0 Å². The van der Waals surface area contributed by atoms with E-state index in [2.05, 4.69) is 19.3 Å². The molecule has 2 aromatic rings. The lowest BCUT2D eigenvalue weighted by Gasteiger charge is -2.23. The zero-order valence-corrected chi connectivity index (χ0v) is 13.8. The molecule has 124 valence electrons. The Hall–Kier alpha value is -1.93. The number of ether oxygens (including phenoxy) is 1. The Kier molecular flexibility index (Phi) is 4.63. The summed E-state index contributed by atoms with van der Waals surface area (Å²) in [6, 6.07) is 3.08. The van der Waals surface area contributed by atoms with Gasteiger partial charge in [0.05, 0.1) is 12.8 Å². The van der Waals surface area contributed by atoms with Crippen LogP contribution in [0.4, 0.5) is 0 Å². The van der Waals surface area contributed by atoms with Crippen molar-refractivity contribution in [2.75, 3.05) is 13.2 Å². The molecule has 3 rings (SSSR count). The molecule has 0 aliphatic carbocycles. The van der Waals surface area contributed by atoms with E-state index in [0.29, 0.717) is 19.0 Å². The fourth-order valence-corrected chi connectivity index (χ4v) is 3.73. The monoisotopic (exact) mass is 336 g/mol. The zero-order chi connectivity index (χ0) is 16.3. The van der Waals surface area contributed by atoms with Gasteiger partial charge in [0.1, 0.15) is 10.7 Å². The van der Waals surface area contributed by atoms with E-state index in [0.717, 1.165) is 25.2 Å². The molecule has 23 heavy (non-hydrogen) atoms. The number of aromatic nitrogens is 3. The number of nitrogens with zero attached hydrogens (tertiary/aromatic N) is 3. The number of imidazole rings is 1. The molecular formula is C15H20N4O3S. The van der Waals surface area contributed by atoms with Crippen LogP contribution in [0.3, 0.4) is 0 Å². The number of hydrogen-bond donors (Lipinski definition) is 1. The van der Waals surface area contributed by atoms with Crippen LogP contribution in [0.5, 0.6) is 5.88 Å². The zero-order valence-electron chi connectivity index (χ0n) is 13.0. The Labute approximate surface area is 135 Å². The quantitative estimate of drug-likeness (QED) is 0.857. The number of aryl methyl sites for hydroxylation is 1. The third kappa shape index (κ3) is 3.70. The predicted octanol–water partition coefficient (Wildman–Crippen LogP) is 1.22. The van der Waals surface area contributed by atoms with E-state index in [1.807, 2.05) is 13.1 Å². The second-order valence-electron chi connectivity index (χ2n) is 5.52. The predicted molar refractivity (Wildman–Crippen MR) is 84.6 cm³/mol. The van der Waals surface area contributed by atoms with E-state index >= 15 is 0 Å². The van der Waals surface area contributed by atoms with Gasteiger partial charge in [0.25, 0.3) is 0 Å². The third-order valence-corrected chi connectivity index (χ3v) is 5.32. The molecule has 1 atom stereocenters. The number of sulfonamides is 1. The average Bonchev–Trinajstić information content (AvgIpc) is 3.01. The van der Waals surface area contributed by atoms with Crippen molar-refractivity contribution in [3.63, 3.8) is 0 Å². The molecular weight excluding hydrogens is 316 g/mol. The first-order chi connectivity index (χ1) is 11.1. The number of hydrogen-bond acceptors (Lipinski definition) is 5. The van der Waals surface area contributed by atoms with Crippen LogP contribution < -0.4 is 9.46 Å². The van der Waals surface area contributed by atoms with Gasteiger partial charge in [-0.05, 0) is 25.3 Å². The number of rotatable bonds is 6. The van der Waals surface area contributed by atoms with Crippen LogP contribution in [0, 0.1) is 5.92 Å². The summed E-state index contributed by atoms with van der Waals surface area (Å²) in [5, 5.41) is 0. The first kappa shape index (κ1) is 15.9. The summed E-state index contributed by atoms with van der Waals surface area (Å²) in [6.45, 7) is 3.55. The molecule has 2 aromatic heterocycles. The average molecular weight is 336 g/mol. The molecule has 1 unspecified atom stereocenters. The van der Waals surface area contributed by atoms with Crippen molar-refractivity contribution in [2.24, 2.45) is 5.92 Å². The SMILES string of the molecule is CCOc1ccc(S(=O)(=O)NCC2CCc3nccn3C2)cn1. The molecule has 0 amide bonds. The maximum atomic E-state index is 12.3. The maximum absolute atomic E-state index is 12.3. The second-order valence-corrected chi connectivity index (χ2v) is 7.28. The van der Waals surface area contributed by atoms with Gasteiger partial charge < -0.3 is 9.30 Å². The molecule has 0 radical (unpaired) electrons. The lowest BCUT2D eigenvalue weighted by molar-refractivity contribution is 0.326. The van der Waals surface area contributed by atoms with Crippen molar-refractivity contribution < 1.29 is 13.2 Å². The molecule has 1 aliphatic heterocycles. The molecule has 1 aliphatic rings. The van der Waals surface area contributed by atoms with E-state index in [-0.39, 0.29) is 10.8 Å². The first-order valence-electron chi connectivity index (χ1n) is 7.67. The molecule has 8 heteroatoms. The summed E-state index contributed by atoms with van der Waals surface area (Å²) in [6.07, 6.45) is 6.85. The molecule has 0 bridgehead atoms. The summed E-state index contributed by atoms with van der Waals surface area (Å²) in [4.78, 5) is 8.43. The lowest BCUT2D eigenvalue weighted by Crippen LogP contribution is -2.33. The highest BCUT2D eigenvalue weighted by atomic mass is 32.2. The van der Waals surface area contributed by atoms with Crippen LogP contribution in [0.2, 0.25) is 0 Å². The molecule has 0 aromatic carbocycles. The van der Waals surface area contributed by atoms with Crippen molar-refractivity contribution in [3.05, 3.63) is 36.5 Å². The van der Waals surface area contributed by atoms with Crippen LogP contribution >= 0.6 is 0 Å². The summed E-state index contributed by atoms with van der Waals surface area (Å²) in [5.41, 5.74) is 0. The lowest BCUT2D eigenvalue weighted by atomic mass is 10.00. The molecule has 3 heterocycles. The standard InChI is InChI=1S/C15H20N4O3S/c1-2-22-15-6-4-13(10-17-15)23(20,21)18-9-12-3-5-14-16-7-8-19(14)11-12/h4,6-8,10,12,18H,2-3,5,9,11H2,1H3. The normalized spacial score (nSPS) is 17.7. The Morgan fingerprint density at radius 3 is 3.00 bits per heavy atom. The van der Waals surface area contributed by atoms with Crippen LogP contribution in [0.1, 0.15) is 19.2 Å². The Balaban J connectivity index is 1.60. The molecule has 1 N–H and O–H groups in total. The molecule has 7 nitrogen and oxygen atoms in total. The van der Waals surface area contributed by atoms with E-state index in [1.165, 1.54) is 12.3 Å². The Morgan fingerprint density at radius 2 is 2.26 bits per heavy atom.